The maximum absolute atomic E-state index is 14.2. The summed E-state index contributed by atoms with van der Waals surface area (Å²) in [6.07, 6.45) is 0. The summed E-state index contributed by atoms with van der Waals surface area (Å²) in [5.74, 6) is 1.91. The van der Waals surface area contributed by atoms with Gasteiger partial charge in [0.15, 0.2) is 34.6 Å². The first-order valence-corrected chi connectivity index (χ1v) is 13.0. The van der Waals surface area contributed by atoms with Gasteiger partial charge in [-0.15, -0.1) is 0 Å². The van der Waals surface area contributed by atoms with Gasteiger partial charge in [0, 0.05) is 12.1 Å². The normalized spacial score (nSPS) is 11.0. The van der Waals surface area contributed by atoms with Crippen LogP contribution in [0.4, 0.5) is 0 Å². The van der Waals surface area contributed by atoms with Crippen molar-refractivity contribution in [3.8, 4) is 46.0 Å². The molecule has 0 amide bonds. The van der Waals surface area contributed by atoms with Crippen LogP contribution >= 0.6 is 0 Å². The molecule has 42 heavy (non-hydrogen) atoms. The number of rotatable bonds is 7. The highest BCUT2D eigenvalue weighted by molar-refractivity contribution is 5.86. The third-order valence-corrected chi connectivity index (χ3v) is 6.98. The summed E-state index contributed by atoms with van der Waals surface area (Å²) < 4.78 is 24.8. The van der Waals surface area contributed by atoms with Gasteiger partial charge in [-0.05, 0) is 36.4 Å². The molecule has 2 heterocycles. The second-order valence-electron chi connectivity index (χ2n) is 9.27. The van der Waals surface area contributed by atoms with Crippen molar-refractivity contribution in [2.45, 2.75) is 0 Å². The lowest BCUT2D eigenvalue weighted by Gasteiger charge is -2.19. The Labute approximate surface area is 240 Å². The Morgan fingerprint density at radius 1 is 0.500 bits per heavy atom. The van der Waals surface area contributed by atoms with E-state index in [4.69, 9.17) is 28.9 Å². The molecule has 0 aliphatic rings. The fourth-order valence-electron chi connectivity index (χ4n) is 4.96. The molecule has 0 aliphatic carbocycles. The molecule has 10 heteroatoms. The number of para-hydroxylation sites is 2. The van der Waals surface area contributed by atoms with Crippen molar-refractivity contribution in [1.29, 1.82) is 0 Å². The minimum absolute atomic E-state index is 0.156. The molecule has 0 N–H and O–H groups in total. The number of nitrogens with zero attached hydrogens (tertiary/aromatic N) is 4. The largest absolute Gasteiger partial charge is 0.493 e. The van der Waals surface area contributed by atoms with E-state index in [0.29, 0.717) is 56.2 Å². The molecule has 210 valence electrons. The summed E-state index contributed by atoms with van der Waals surface area (Å²) >= 11 is 0. The van der Waals surface area contributed by atoms with Crippen molar-refractivity contribution >= 4 is 21.8 Å². The first-order valence-electron chi connectivity index (χ1n) is 13.0. The molecule has 6 aromatic rings. The average Bonchev–Trinajstić information content (AvgIpc) is 3.04. The van der Waals surface area contributed by atoms with Crippen molar-refractivity contribution in [3.05, 3.63) is 106 Å². The predicted molar refractivity (Wildman–Crippen MR) is 160 cm³/mol. The van der Waals surface area contributed by atoms with Crippen LogP contribution in [0.25, 0.3) is 44.8 Å². The molecule has 0 bridgehead atoms. The minimum atomic E-state index is -0.372. The standard InChI is InChI=1S/C32H26N4O6/c1-39-25-15-21-23(17-27(25)41-3)33-29(35(31(21)37)19-11-7-5-8-12-19)30-34-24-18-28(42-4)26(40-2)16-22(24)32(38)36(30)20-13-9-6-10-14-20/h5-18H,1-4H3. The molecule has 0 fully saturated rings. The molecule has 0 radical (unpaired) electrons. The summed E-state index contributed by atoms with van der Waals surface area (Å²) in [5.41, 5.74) is 1.04. The van der Waals surface area contributed by atoms with Crippen LogP contribution in [0, 0.1) is 0 Å². The van der Waals surface area contributed by atoms with Gasteiger partial charge in [-0.25, -0.2) is 9.97 Å². The molecule has 10 nitrogen and oxygen atoms in total. The fourth-order valence-corrected chi connectivity index (χ4v) is 4.96. The quantitative estimate of drug-likeness (QED) is 0.274. The van der Waals surface area contributed by atoms with Crippen LogP contribution in [0.5, 0.6) is 23.0 Å². The van der Waals surface area contributed by atoms with Gasteiger partial charge in [-0.1, -0.05) is 36.4 Å². The molecule has 0 aliphatic heterocycles. The van der Waals surface area contributed by atoms with Crippen molar-refractivity contribution in [2.24, 2.45) is 0 Å². The van der Waals surface area contributed by atoms with E-state index in [1.54, 1.807) is 48.5 Å². The highest BCUT2D eigenvalue weighted by Gasteiger charge is 2.24. The molecule has 2 aromatic heterocycles. The molecule has 0 spiro atoms. The summed E-state index contributed by atoms with van der Waals surface area (Å²) in [4.78, 5) is 38.3. The molecular formula is C32H26N4O6. The third kappa shape index (κ3) is 4.29. The maximum atomic E-state index is 14.2. The van der Waals surface area contributed by atoms with Gasteiger partial charge in [0.25, 0.3) is 11.1 Å². The Kier molecular flexibility index (Phi) is 6.79. The lowest BCUT2D eigenvalue weighted by atomic mass is 10.1. The first-order chi connectivity index (χ1) is 20.5. The highest BCUT2D eigenvalue weighted by atomic mass is 16.5. The fraction of sp³-hybridized carbons (Fsp3) is 0.125. The van der Waals surface area contributed by atoms with E-state index in [-0.39, 0.29) is 22.8 Å². The molecule has 0 atom stereocenters. The van der Waals surface area contributed by atoms with E-state index in [9.17, 15) is 9.59 Å². The van der Waals surface area contributed by atoms with Gasteiger partial charge >= 0.3 is 0 Å². The zero-order chi connectivity index (χ0) is 29.4. The SMILES string of the molecule is COc1cc2nc(-c3nc4cc(OC)c(OC)cc4c(=O)n3-c3ccccc3)n(-c3ccccc3)c(=O)c2cc1OC. The zero-order valence-electron chi connectivity index (χ0n) is 23.3. The van der Waals surface area contributed by atoms with Crippen LogP contribution in [-0.4, -0.2) is 47.5 Å². The van der Waals surface area contributed by atoms with Crippen LogP contribution in [-0.2, 0) is 0 Å². The van der Waals surface area contributed by atoms with Gasteiger partial charge < -0.3 is 18.9 Å². The van der Waals surface area contributed by atoms with Gasteiger partial charge in [-0.3, -0.25) is 18.7 Å². The Morgan fingerprint density at radius 2 is 0.833 bits per heavy atom. The smallest absolute Gasteiger partial charge is 0.266 e. The molecule has 0 saturated heterocycles. The maximum Gasteiger partial charge on any atom is 0.266 e. The third-order valence-electron chi connectivity index (χ3n) is 6.98. The van der Waals surface area contributed by atoms with Crippen LogP contribution < -0.4 is 30.1 Å². The summed E-state index contributed by atoms with van der Waals surface area (Å²) in [5, 5.41) is 0.613. The Morgan fingerprint density at radius 3 is 1.17 bits per heavy atom. The summed E-state index contributed by atoms with van der Waals surface area (Å²) in [6, 6.07) is 24.6. The minimum Gasteiger partial charge on any atom is -0.493 e. The van der Waals surface area contributed by atoms with Crippen LogP contribution in [0.2, 0.25) is 0 Å². The second-order valence-corrected chi connectivity index (χ2v) is 9.27. The molecule has 4 aromatic carbocycles. The lowest BCUT2D eigenvalue weighted by molar-refractivity contribution is 0.355. The van der Waals surface area contributed by atoms with Crippen molar-refractivity contribution in [3.63, 3.8) is 0 Å². The van der Waals surface area contributed by atoms with E-state index in [0.717, 1.165) is 0 Å². The van der Waals surface area contributed by atoms with Gasteiger partial charge in [0.1, 0.15) is 0 Å². The Bertz CT molecular complexity index is 1920. The van der Waals surface area contributed by atoms with Gasteiger partial charge in [0.2, 0.25) is 0 Å². The molecule has 6 rings (SSSR count). The van der Waals surface area contributed by atoms with Crippen LogP contribution in [0.15, 0.2) is 94.5 Å². The number of hydrogen-bond donors (Lipinski definition) is 0. The summed E-state index contributed by atoms with van der Waals surface area (Å²) in [6.45, 7) is 0. The van der Waals surface area contributed by atoms with E-state index >= 15 is 0 Å². The topological polar surface area (TPSA) is 107 Å². The van der Waals surface area contributed by atoms with E-state index < -0.39 is 0 Å². The van der Waals surface area contributed by atoms with Crippen molar-refractivity contribution < 1.29 is 18.9 Å². The Balaban J connectivity index is 1.81. The number of aromatic nitrogens is 4. The van der Waals surface area contributed by atoms with Crippen molar-refractivity contribution in [2.75, 3.05) is 28.4 Å². The Hall–Kier alpha value is -5.64. The monoisotopic (exact) mass is 562 g/mol. The molecule has 0 saturated carbocycles. The number of ether oxygens (including phenoxy) is 4. The first kappa shape index (κ1) is 26.6. The highest BCUT2D eigenvalue weighted by Crippen LogP contribution is 2.34. The molecule has 0 unspecified atom stereocenters. The zero-order valence-corrected chi connectivity index (χ0v) is 23.3. The van der Waals surface area contributed by atoms with E-state index in [2.05, 4.69) is 0 Å². The predicted octanol–water partition coefficient (Wildman–Crippen LogP) is 4.79. The van der Waals surface area contributed by atoms with E-state index in [1.807, 2.05) is 36.4 Å². The van der Waals surface area contributed by atoms with Gasteiger partial charge in [-0.2, -0.15) is 0 Å². The van der Waals surface area contributed by atoms with Crippen molar-refractivity contribution in [1.82, 2.24) is 19.1 Å². The second kappa shape index (κ2) is 10.7. The van der Waals surface area contributed by atoms with Gasteiger partial charge in [0.05, 0.1) is 61.6 Å². The summed E-state index contributed by atoms with van der Waals surface area (Å²) in [7, 11) is 6.02. The van der Waals surface area contributed by atoms with E-state index in [1.165, 1.54) is 37.6 Å². The number of hydrogen-bond acceptors (Lipinski definition) is 8. The number of methoxy groups -OCH3 is 4. The number of benzene rings is 4. The van der Waals surface area contributed by atoms with Crippen LogP contribution in [0.1, 0.15) is 0 Å². The lowest BCUT2D eigenvalue weighted by Crippen LogP contribution is -2.27. The van der Waals surface area contributed by atoms with Crippen LogP contribution in [0.3, 0.4) is 0 Å². The molecular weight excluding hydrogens is 536 g/mol. The number of fused-ring (bicyclic) bond motifs is 2. The average molecular weight is 563 g/mol.